The van der Waals surface area contributed by atoms with Crippen LogP contribution in [-0.2, 0) is 0 Å². The van der Waals surface area contributed by atoms with Crippen molar-refractivity contribution < 1.29 is 9.18 Å². The van der Waals surface area contributed by atoms with E-state index in [0.29, 0.717) is 43.1 Å². The number of nitrogens with zero attached hydrogens (tertiary/aromatic N) is 5. The standard InChI is InChI=1S/C22H23FN6O/c1-15-5-6-24-19(11-15)27-20-13-21(26-14-25-20)28-7-9-29(10-8-28)22(30)17-4-3-16(2)18(23)12-17/h3-6,11-14H,7-10H2,1-2H3,(H,24,25,26,27). The predicted octanol–water partition coefficient (Wildman–Crippen LogP) is 3.33. The van der Waals surface area contributed by atoms with Gasteiger partial charge in [0.25, 0.3) is 5.91 Å². The summed E-state index contributed by atoms with van der Waals surface area (Å²) in [7, 11) is 0. The Labute approximate surface area is 174 Å². The molecule has 1 amide bonds. The van der Waals surface area contributed by atoms with E-state index in [9.17, 15) is 9.18 Å². The van der Waals surface area contributed by atoms with Gasteiger partial charge in [-0.15, -0.1) is 0 Å². The maximum absolute atomic E-state index is 13.8. The Hall–Kier alpha value is -3.55. The monoisotopic (exact) mass is 406 g/mol. The molecule has 0 atom stereocenters. The van der Waals surface area contributed by atoms with Gasteiger partial charge < -0.3 is 15.1 Å². The number of benzene rings is 1. The molecule has 1 N–H and O–H groups in total. The van der Waals surface area contributed by atoms with Crippen LogP contribution in [0.4, 0.5) is 21.8 Å². The fraction of sp³-hybridized carbons (Fsp3) is 0.273. The molecule has 1 saturated heterocycles. The van der Waals surface area contributed by atoms with Crippen LogP contribution in [0.15, 0.2) is 48.9 Å². The molecule has 3 aromatic rings. The first-order chi connectivity index (χ1) is 14.5. The summed E-state index contributed by atoms with van der Waals surface area (Å²) >= 11 is 0. The Morgan fingerprint density at radius 1 is 0.967 bits per heavy atom. The molecule has 0 radical (unpaired) electrons. The van der Waals surface area contributed by atoms with Crippen molar-refractivity contribution in [3.8, 4) is 0 Å². The van der Waals surface area contributed by atoms with Gasteiger partial charge in [0, 0.05) is 44.0 Å². The summed E-state index contributed by atoms with van der Waals surface area (Å²) in [6, 6.07) is 10.4. The first kappa shape index (κ1) is 19.8. The number of nitrogens with one attached hydrogen (secondary N) is 1. The average Bonchev–Trinajstić information content (AvgIpc) is 2.75. The van der Waals surface area contributed by atoms with E-state index in [1.54, 1.807) is 30.2 Å². The minimum absolute atomic E-state index is 0.149. The number of halogens is 1. The van der Waals surface area contributed by atoms with Gasteiger partial charge in [-0.1, -0.05) is 6.07 Å². The SMILES string of the molecule is Cc1ccnc(Nc2cc(N3CCN(C(=O)c4ccc(C)c(F)c4)CC3)ncn2)c1. The Balaban J connectivity index is 1.40. The van der Waals surface area contributed by atoms with Crippen molar-refractivity contribution in [3.63, 3.8) is 0 Å². The maximum atomic E-state index is 13.8. The summed E-state index contributed by atoms with van der Waals surface area (Å²) in [5.41, 5.74) is 2.02. The van der Waals surface area contributed by atoms with Gasteiger partial charge in [0.1, 0.15) is 29.6 Å². The lowest BCUT2D eigenvalue weighted by Crippen LogP contribution is -2.49. The van der Waals surface area contributed by atoms with Gasteiger partial charge in [0.15, 0.2) is 0 Å². The predicted molar refractivity (Wildman–Crippen MR) is 114 cm³/mol. The molecule has 1 aliphatic heterocycles. The number of rotatable bonds is 4. The zero-order valence-corrected chi connectivity index (χ0v) is 17.0. The fourth-order valence-corrected chi connectivity index (χ4v) is 3.37. The first-order valence-electron chi connectivity index (χ1n) is 9.82. The second kappa shape index (κ2) is 8.44. The van der Waals surface area contributed by atoms with Crippen LogP contribution >= 0.6 is 0 Å². The molecule has 154 valence electrons. The molecule has 0 saturated carbocycles. The minimum atomic E-state index is -0.358. The molecule has 4 rings (SSSR count). The van der Waals surface area contributed by atoms with Gasteiger partial charge in [-0.25, -0.2) is 19.3 Å². The largest absolute Gasteiger partial charge is 0.353 e. The highest BCUT2D eigenvalue weighted by molar-refractivity contribution is 5.94. The molecule has 0 bridgehead atoms. The first-order valence-corrected chi connectivity index (χ1v) is 9.82. The Bertz CT molecular complexity index is 1060. The highest BCUT2D eigenvalue weighted by Gasteiger charge is 2.23. The zero-order chi connectivity index (χ0) is 21.1. The third-order valence-electron chi connectivity index (χ3n) is 5.13. The topological polar surface area (TPSA) is 74.2 Å². The summed E-state index contributed by atoms with van der Waals surface area (Å²) in [6.45, 7) is 6.05. The quantitative estimate of drug-likeness (QED) is 0.716. The summed E-state index contributed by atoms with van der Waals surface area (Å²) in [6.07, 6.45) is 3.26. The molecule has 30 heavy (non-hydrogen) atoms. The van der Waals surface area contributed by atoms with E-state index in [1.165, 1.54) is 12.4 Å². The van der Waals surface area contributed by atoms with Gasteiger partial charge in [-0.3, -0.25) is 4.79 Å². The molecule has 3 heterocycles. The second-order valence-corrected chi connectivity index (χ2v) is 7.35. The molecule has 1 fully saturated rings. The lowest BCUT2D eigenvalue weighted by molar-refractivity contribution is 0.0746. The Morgan fingerprint density at radius 2 is 1.73 bits per heavy atom. The molecule has 1 aliphatic rings. The van der Waals surface area contributed by atoms with E-state index >= 15 is 0 Å². The van der Waals surface area contributed by atoms with Crippen molar-refractivity contribution in [2.45, 2.75) is 13.8 Å². The number of anilines is 3. The third kappa shape index (κ3) is 4.37. The van der Waals surface area contributed by atoms with Crippen LogP contribution in [0, 0.1) is 19.7 Å². The zero-order valence-electron chi connectivity index (χ0n) is 17.0. The Morgan fingerprint density at radius 3 is 2.47 bits per heavy atom. The van der Waals surface area contributed by atoms with E-state index in [0.717, 1.165) is 17.2 Å². The molecule has 0 aliphatic carbocycles. The van der Waals surface area contributed by atoms with E-state index in [-0.39, 0.29) is 11.7 Å². The molecule has 7 nitrogen and oxygen atoms in total. The minimum Gasteiger partial charge on any atom is -0.353 e. The second-order valence-electron chi connectivity index (χ2n) is 7.35. The normalized spacial score (nSPS) is 14.0. The number of piperazine rings is 1. The van der Waals surface area contributed by atoms with E-state index in [2.05, 4.69) is 25.2 Å². The molecular formula is C22H23FN6O. The number of hydrogen-bond acceptors (Lipinski definition) is 6. The number of aromatic nitrogens is 3. The fourth-order valence-electron chi connectivity index (χ4n) is 3.37. The number of carbonyl (C=O) groups is 1. The molecule has 1 aromatic carbocycles. The Kier molecular flexibility index (Phi) is 5.56. The van der Waals surface area contributed by atoms with Crippen LogP contribution in [0.5, 0.6) is 0 Å². The van der Waals surface area contributed by atoms with Crippen molar-refractivity contribution in [2.75, 3.05) is 36.4 Å². The summed E-state index contributed by atoms with van der Waals surface area (Å²) in [4.78, 5) is 29.5. The maximum Gasteiger partial charge on any atom is 0.254 e. The van der Waals surface area contributed by atoms with Gasteiger partial charge in [0.2, 0.25) is 0 Å². The van der Waals surface area contributed by atoms with Crippen molar-refractivity contribution in [3.05, 3.63) is 71.4 Å². The van der Waals surface area contributed by atoms with Crippen LogP contribution in [0.3, 0.4) is 0 Å². The number of aryl methyl sites for hydroxylation is 2. The summed E-state index contributed by atoms with van der Waals surface area (Å²) in [5.74, 6) is 1.66. The average molecular weight is 406 g/mol. The van der Waals surface area contributed by atoms with E-state index in [1.807, 2.05) is 25.1 Å². The van der Waals surface area contributed by atoms with Crippen LogP contribution < -0.4 is 10.2 Å². The summed E-state index contributed by atoms with van der Waals surface area (Å²) in [5, 5.41) is 3.19. The van der Waals surface area contributed by atoms with Crippen LogP contribution in [0.2, 0.25) is 0 Å². The highest BCUT2D eigenvalue weighted by Crippen LogP contribution is 2.20. The van der Waals surface area contributed by atoms with Gasteiger partial charge in [0.05, 0.1) is 0 Å². The van der Waals surface area contributed by atoms with E-state index < -0.39 is 0 Å². The smallest absolute Gasteiger partial charge is 0.254 e. The number of carbonyl (C=O) groups excluding carboxylic acids is 1. The van der Waals surface area contributed by atoms with Crippen LogP contribution in [0.25, 0.3) is 0 Å². The van der Waals surface area contributed by atoms with Crippen molar-refractivity contribution >= 4 is 23.4 Å². The number of amides is 1. The van der Waals surface area contributed by atoms with E-state index in [4.69, 9.17) is 0 Å². The molecular weight excluding hydrogens is 383 g/mol. The highest BCUT2D eigenvalue weighted by atomic mass is 19.1. The molecule has 0 unspecified atom stereocenters. The number of hydrogen-bond donors (Lipinski definition) is 1. The third-order valence-corrected chi connectivity index (χ3v) is 5.13. The van der Waals surface area contributed by atoms with Gasteiger partial charge in [-0.05, 0) is 49.2 Å². The van der Waals surface area contributed by atoms with Crippen LogP contribution in [0.1, 0.15) is 21.5 Å². The van der Waals surface area contributed by atoms with Crippen molar-refractivity contribution in [1.29, 1.82) is 0 Å². The molecule has 2 aromatic heterocycles. The molecule has 0 spiro atoms. The van der Waals surface area contributed by atoms with Crippen molar-refractivity contribution in [2.24, 2.45) is 0 Å². The lowest BCUT2D eigenvalue weighted by Gasteiger charge is -2.35. The summed E-state index contributed by atoms with van der Waals surface area (Å²) < 4.78 is 13.8. The van der Waals surface area contributed by atoms with Crippen molar-refractivity contribution in [1.82, 2.24) is 19.9 Å². The molecule has 8 heteroatoms. The lowest BCUT2D eigenvalue weighted by atomic mass is 10.1. The van der Waals surface area contributed by atoms with Crippen LogP contribution in [-0.4, -0.2) is 51.9 Å². The number of pyridine rings is 1. The van der Waals surface area contributed by atoms with Gasteiger partial charge in [-0.2, -0.15) is 0 Å². The van der Waals surface area contributed by atoms with Gasteiger partial charge >= 0.3 is 0 Å².